The number of anilines is 1. The van der Waals surface area contributed by atoms with Crippen LogP contribution in [0.1, 0.15) is 31.7 Å². The van der Waals surface area contributed by atoms with Gasteiger partial charge in [0.2, 0.25) is 5.91 Å². The van der Waals surface area contributed by atoms with Crippen molar-refractivity contribution in [2.75, 3.05) is 11.1 Å². The second kappa shape index (κ2) is 6.10. The second-order valence-corrected chi connectivity index (χ2v) is 5.67. The van der Waals surface area contributed by atoms with Crippen LogP contribution >= 0.6 is 11.8 Å². The molecule has 0 radical (unpaired) electrons. The molecule has 0 bridgehead atoms. The van der Waals surface area contributed by atoms with Gasteiger partial charge in [0.15, 0.2) is 0 Å². The van der Waals surface area contributed by atoms with Crippen molar-refractivity contribution in [3.8, 4) is 0 Å². The number of aryl methyl sites for hydroxylation is 1. The predicted molar refractivity (Wildman–Crippen MR) is 74.5 cm³/mol. The summed E-state index contributed by atoms with van der Waals surface area (Å²) in [5.74, 6) is 1.30. The van der Waals surface area contributed by atoms with E-state index in [1.165, 1.54) is 18.4 Å². The lowest BCUT2D eigenvalue weighted by atomic mass is 10.1. The van der Waals surface area contributed by atoms with E-state index in [2.05, 4.69) is 18.3 Å². The Labute approximate surface area is 107 Å². The summed E-state index contributed by atoms with van der Waals surface area (Å²) in [7, 11) is 0. The highest BCUT2D eigenvalue weighted by molar-refractivity contribution is 8.00. The van der Waals surface area contributed by atoms with E-state index in [9.17, 15) is 4.79 Å². The fourth-order valence-electron chi connectivity index (χ4n) is 2.11. The van der Waals surface area contributed by atoms with E-state index in [4.69, 9.17) is 0 Å². The van der Waals surface area contributed by atoms with E-state index < -0.39 is 0 Å². The number of benzene rings is 1. The standard InChI is InChI=1S/C14H19NOS/c1-2-11-7-3-4-8-12(11)15-14(16)13-9-5-6-10-17-13/h3-4,7-8,13H,2,5-6,9-10H2,1H3,(H,15,16). The molecule has 2 nitrogen and oxygen atoms in total. The van der Waals surface area contributed by atoms with E-state index in [1.54, 1.807) is 11.8 Å². The third-order valence-corrected chi connectivity index (χ3v) is 4.50. The van der Waals surface area contributed by atoms with Gasteiger partial charge in [0.1, 0.15) is 0 Å². The van der Waals surface area contributed by atoms with Crippen molar-refractivity contribution in [2.45, 2.75) is 37.9 Å². The molecule has 0 aliphatic carbocycles. The SMILES string of the molecule is CCc1ccccc1NC(=O)C1CCCCS1. The maximum atomic E-state index is 12.1. The van der Waals surface area contributed by atoms with Crippen molar-refractivity contribution < 1.29 is 4.79 Å². The number of amides is 1. The topological polar surface area (TPSA) is 29.1 Å². The van der Waals surface area contributed by atoms with E-state index in [-0.39, 0.29) is 11.2 Å². The highest BCUT2D eigenvalue weighted by Gasteiger charge is 2.21. The summed E-state index contributed by atoms with van der Waals surface area (Å²) in [5, 5.41) is 3.22. The molecule has 1 aliphatic rings. The third-order valence-electron chi connectivity index (χ3n) is 3.13. The first-order chi connectivity index (χ1) is 8.31. The van der Waals surface area contributed by atoms with Gasteiger partial charge in [-0.1, -0.05) is 31.5 Å². The fourth-order valence-corrected chi connectivity index (χ4v) is 3.31. The minimum Gasteiger partial charge on any atom is -0.325 e. The Morgan fingerprint density at radius 3 is 2.94 bits per heavy atom. The van der Waals surface area contributed by atoms with Crippen LogP contribution in [0.4, 0.5) is 5.69 Å². The number of hydrogen-bond acceptors (Lipinski definition) is 2. The molecule has 3 heteroatoms. The first-order valence-corrected chi connectivity index (χ1v) is 7.36. The van der Waals surface area contributed by atoms with Gasteiger partial charge in [0, 0.05) is 5.69 Å². The van der Waals surface area contributed by atoms with Crippen LogP contribution in [0.15, 0.2) is 24.3 Å². The molecule has 1 unspecified atom stereocenters. The molecule has 0 saturated carbocycles. The Morgan fingerprint density at radius 2 is 2.24 bits per heavy atom. The van der Waals surface area contributed by atoms with Gasteiger partial charge >= 0.3 is 0 Å². The predicted octanol–water partition coefficient (Wildman–Crippen LogP) is 3.47. The van der Waals surface area contributed by atoms with Crippen molar-refractivity contribution in [2.24, 2.45) is 0 Å². The van der Waals surface area contributed by atoms with Crippen LogP contribution in [0.2, 0.25) is 0 Å². The molecule has 1 saturated heterocycles. The molecular formula is C14H19NOS. The number of thioether (sulfide) groups is 1. The van der Waals surface area contributed by atoms with E-state index in [0.717, 1.165) is 24.3 Å². The molecule has 1 amide bonds. The molecule has 1 fully saturated rings. The summed E-state index contributed by atoms with van der Waals surface area (Å²) < 4.78 is 0. The lowest BCUT2D eigenvalue weighted by Crippen LogP contribution is -2.27. The van der Waals surface area contributed by atoms with Crippen LogP contribution in [-0.4, -0.2) is 16.9 Å². The molecule has 1 aromatic carbocycles. The first kappa shape index (κ1) is 12.5. The molecule has 1 atom stereocenters. The Kier molecular flexibility index (Phi) is 4.49. The van der Waals surface area contributed by atoms with Gasteiger partial charge in [-0.2, -0.15) is 0 Å². The highest BCUT2D eigenvalue weighted by Crippen LogP contribution is 2.26. The fraction of sp³-hybridized carbons (Fsp3) is 0.500. The summed E-state index contributed by atoms with van der Waals surface area (Å²) in [4.78, 5) is 12.1. The molecule has 17 heavy (non-hydrogen) atoms. The van der Waals surface area contributed by atoms with Gasteiger partial charge in [-0.05, 0) is 36.6 Å². The van der Waals surface area contributed by atoms with Crippen LogP contribution in [0.3, 0.4) is 0 Å². The van der Waals surface area contributed by atoms with Crippen molar-refractivity contribution in [3.63, 3.8) is 0 Å². The van der Waals surface area contributed by atoms with Crippen LogP contribution in [-0.2, 0) is 11.2 Å². The zero-order valence-corrected chi connectivity index (χ0v) is 11.1. The Balaban J connectivity index is 2.01. The van der Waals surface area contributed by atoms with Crippen molar-refractivity contribution in [3.05, 3.63) is 29.8 Å². The highest BCUT2D eigenvalue weighted by atomic mass is 32.2. The van der Waals surface area contributed by atoms with Crippen molar-refractivity contribution in [1.82, 2.24) is 0 Å². The first-order valence-electron chi connectivity index (χ1n) is 6.31. The zero-order valence-electron chi connectivity index (χ0n) is 10.2. The van der Waals surface area contributed by atoms with E-state index in [1.807, 2.05) is 18.2 Å². The van der Waals surface area contributed by atoms with Crippen molar-refractivity contribution in [1.29, 1.82) is 0 Å². The van der Waals surface area contributed by atoms with Gasteiger partial charge in [0.25, 0.3) is 0 Å². The van der Waals surface area contributed by atoms with Crippen LogP contribution in [0.5, 0.6) is 0 Å². The molecule has 1 aliphatic heterocycles. The minimum atomic E-state index is 0.147. The Bertz CT molecular complexity index is 386. The largest absolute Gasteiger partial charge is 0.325 e. The lowest BCUT2D eigenvalue weighted by Gasteiger charge is -2.21. The number of carbonyl (C=O) groups excluding carboxylic acids is 1. The minimum absolute atomic E-state index is 0.147. The molecule has 1 N–H and O–H groups in total. The summed E-state index contributed by atoms with van der Waals surface area (Å²) in [5.41, 5.74) is 2.19. The third kappa shape index (κ3) is 3.25. The molecule has 0 spiro atoms. The van der Waals surface area contributed by atoms with Crippen LogP contribution in [0.25, 0.3) is 0 Å². The average molecular weight is 249 g/mol. The summed E-state index contributed by atoms with van der Waals surface area (Å²) in [6, 6.07) is 8.06. The number of rotatable bonds is 3. The number of nitrogens with one attached hydrogen (secondary N) is 1. The molecule has 92 valence electrons. The normalized spacial score (nSPS) is 19.9. The van der Waals surface area contributed by atoms with Gasteiger partial charge in [-0.15, -0.1) is 11.8 Å². The van der Waals surface area contributed by atoms with Gasteiger partial charge in [0.05, 0.1) is 5.25 Å². The van der Waals surface area contributed by atoms with Crippen molar-refractivity contribution >= 4 is 23.4 Å². The van der Waals surface area contributed by atoms with E-state index in [0.29, 0.717) is 0 Å². The summed E-state index contributed by atoms with van der Waals surface area (Å²) >= 11 is 1.79. The Hall–Kier alpha value is -0.960. The number of para-hydroxylation sites is 1. The second-order valence-electron chi connectivity index (χ2n) is 4.36. The quantitative estimate of drug-likeness (QED) is 0.888. The Morgan fingerprint density at radius 1 is 1.41 bits per heavy atom. The smallest absolute Gasteiger partial charge is 0.237 e. The number of hydrogen-bond donors (Lipinski definition) is 1. The van der Waals surface area contributed by atoms with Crippen LogP contribution < -0.4 is 5.32 Å². The molecule has 1 heterocycles. The maximum absolute atomic E-state index is 12.1. The molecular weight excluding hydrogens is 230 g/mol. The monoisotopic (exact) mass is 249 g/mol. The number of carbonyl (C=O) groups is 1. The molecule has 0 aromatic heterocycles. The lowest BCUT2D eigenvalue weighted by molar-refractivity contribution is -0.115. The van der Waals surface area contributed by atoms with Gasteiger partial charge in [-0.3, -0.25) is 4.79 Å². The van der Waals surface area contributed by atoms with Gasteiger partial charge < -0.3 is 5.32 Å². The summed E-state index contributed by atoms with van der Waals surface area (Å²) in [6.07, 6.45) is 4.40. The van der Waals surface area contributed by atoms with E-state index >= 15 is 0 Å². The zero-order chi connectivity index (χ0) is 12.1. The van der Waals surface area contributed by atoms with Crippen LogP contribution in [0, 0.1) is 0 Å². The molecule has 2 rings (SSSR count). The molecule has 1 aromatic rings. The summed E-state index contributed by atoms with van der Waals surface area (Å²) in [6.45, 7) is 2.11. The van der Waals surface area contributed by atoms with Gasteiger partial charge in [-0.25, -0.2) is 0 Å². The maximum Gasteiger partial charge on any atom is 0.237 e. The average Bonchev–Trinajstić information content (AvgIpc) is 2.40.